The van der Waals surface area contributed by atoms with Crippen molar-refractivity contribution in [2.24, 2.45) is 23.2 Å². The van der Waals surface area contributed by atoms with Gasteiger partial charge in [-0.1, -0.05) is 18.1 Å². The lowest BCUT2D eigenvalue weighted by molar-refractivity contribution is -0.148. The predicted molar refractivity (Wildman–Crippen MR) is 89.7 cm³/mol. The molecule has 2 fully saturated rings. The molecule has 0 saturated heterocycles. The number of ketones is 1. The Labute approximate surface area is 148 Å². The Bertz CT molecular complexity index is 741. The molecule has 4 aliphatic rings. The van der Waals surface area contributed by atoms with Gasteiger partial charge in [-0.2, -0.15) is 8.42 Å². The number of hydrogen-bond acceptors (Lipinski definition) is 5. The fraction of sp³-hybridized carbons (Fsp3) is 0.833. The van der Waals surface area contributed by atoms with Gasteiger partial charge in [-0.3, -0.25) is 9.35 Å². The maximum atomic E-state index is 12.4. The third-order valence-corrected chi connectivity index (χ3v) is 7.88. The molecule has 0 heterocycles. The number of rotatable bonds is 2. The number of carbonyl (C=O) groups is 1. The molecule has 4 aliphatic carbocycles. The summed E-state index contributed by atoms with van der Waals surface area (Å²) in [7, 11) is -4.68. The van der Waals surface area contributed by atoms with Gasteiger partial charge >= 0.3 is 10.4 Å². The summed E-state index contributed by atoms with van der Waals surface area (Å²) in [5, 5.41) is 10.4. The predicted octanol–water partition coefficient (Wildman–Crippen LogP) is 2.78. The summed E-state index contributed by atoms with van der Waals surface area (Å²) in [6, 6.07) is 0. The lowest BCUT2D eigenvalue weighted by Gasteiger charge is -2.50. The Morgan fingerprint density at radius 3 is 2.60 bits per heavy atom. The van der Waals surface area contributed by atoms with E-state index in [1.165, 1.54) is 5.57 Å². The van der Waals surface area contributed by atoms with Crippen LogP contribution in [0.2, 0.25) is 0 Å². The van der Waals surface area contributed by atoms with Gasteiger partial charge in [-0.15, -0.1) is 0 Å². The van der Waals surface area contributed by atoms with Crippen molar-refractivity contribution in [3.05, 3.63) is 11.1 Å². The molecule has 0 radical (unpaired) electrons. The summed E-state index contributed by atoms with van der Waals surface area (Å²) in [5.41, 5.74) is 2.29. The van der Waals surface area contributed by atoms with Crippen LogP contribution < -0.4 is 0 Å². The molecule has 0 aromatic carbocycles. The minimum absolute atomic E-state index is 0.145. The smallest absolute Gasteiger partial charge is 0.364 e. The van der Waals surface area contributed by atoms with Crippen molar-refractivity contribution in [1.82, 2.24) is 0 Å². The minimum atomic E-state index is -4.68. The van der Waals surface area contributed by atoms with Crippen LogP contribution in [0.15, 0.2) is 11.1 Å². The van der Waals surface area contributed by atoms with E-state index in [-0.39, 0.29) is 18.3 Å². The highest BCUT2D eigenvalue weighted by atomic mass is 32.3. The van der Waals surface area contributed by atoms with Gasteiger partial charge in [0.05, 0.1) is 0 Å². The first-order valence-electron chi connectivity index (χ1n) is 9.26. The van der Waals surface area contributed by atoms with Crippen molar-refractivity contribution in [1.29, 1.82) is 0 Å². The SMILES string of the molecule is C[C@]12CC[C@@H]3C4=C(CC[C@H]3[C@@H]1CCC2=O)C[C@@](O)(OS(=O)(=O)O)CC4. The Balaban J connectivity index is 1.58. The Morgan fingerprint density at radius 1 is 1.12 bits per heavy atom. The van der Waals surface area contributed by atoms with E-state index in [1.807, 2.05) is 0 Å². The van der Waals surface area contributed by atoms with Crippen LogP contribution in [0.3, 0.4) is 0 Å². The molecular weight excluding hydrogens is 344 g/mol. The third-order valence-electron chi connectivity index (χ3n) is 7.36. The van der Waals surface area contributed by atoms with Crippen LogP contribution in [-0.4, -0.2) is 29.6 Å². The topological polar surface area (TPSA) is 101 Å². The monoisotopic (exact) mass is 370 g/mol. The van der Waals surface area contributed by atoms with E-state index in [1.54, 1.807) is 0 Å². The Kier molecular flexibility index (Phi) is 3.96. The summed E-state index contributed by atoms with van der Waals surface area (Å²) in [5.74, 6) is 0.0322. The molecule has 0 spiro atoms. The molecular formula is C18H26O6S. The lowest BCUT2D eigenvalue weighted by Crippen LogP contribution is -2.46. The minimum Gasteiger partial charge on any atom is -0.364 e. The summed E-state index contributed by atoms with van der Waals surface area (Å²) in [6.07, 6.45) is 6.35. The van der Waals surface area contributed by atoms with Crippen LogP contribution in [-0.2, 0) is 19.4 Å². The molecule has 0 aromatic rings. The molecule has 0 bridgehead atoms. The highest BCUT2D eigenvalue weighted by Crippen LogP contribution is 2.60. The van der Waals surface area contributed by atoms with Crippen molar-refractivity contribution in [2.75, 3.05) is 0 Å². The second kappa shape index (κ2) is 5.62. The Morgan fingerprint density at radius 2 is 1.88 bits per heavy atom. The van der Waals surface area contributed by atoms with Crippen LogP contribution >= 0.6 is 0 Å². The van der Waals surface area contributed by atoms with Gasteiger partial charge in [0.15, 0.2) is 5.79 Å². The van der Waals surface area contributed by atoms with E-state index in [0.717, 1.165) is 37.7 Å². The number of Topliss-reactive ketones (excluding diaryl/α,β-unsaturated/α-hetero) is 1. The van der Waals surface area contributed by atoms with Crippen molar-refractivity contribution in [3.8, 4) is 0 Å². The van der Waals surface area contributed by atoms with Crippen LogP contribution in [0.4, 0.5) is 0 Å². The maximum absolute atomic E-state index is 12.4. The highest BCUT2D eigenvalue weighted by molar-refractivity contribution is 7.80. The molecule has 7 heteroatoms. The molecule has 2 saturated carbocycles. The van der Waals surface area contributed by atoms with E-state index in [2.05, 4.69) is 11.1 Å². The normalized spacial score (nSPS) is 44.3. The zero-order valence-corrected chi connectivity index (χ0v) is 15.3. The average molecular weight is 370 g/mol. The van der Waals surface area contributed by atoms with Crippen LogP contribution in [0.1, 0.15) is 64.7 Å². The van der Waals surface area contributed by atoms with Gasteiger partial charge in [0.1, 0.15) is 5.78 Å². The van der Waals surface area contributed by atoms with Crippen molar-refractivity contribution in [2.45, 2.75) is 70.5 Å². The fourth-order valence-electron chi connectivity index (χ4n) is 6.24. The van der Waals surface area contributed by atoms with E-state index >= 15 is 0 Å². The van der Waals surface area contributed by atoms with Gasteiger partial charge in [-0.25, -0.2) is 4.18 Å². The van der Waals surface area contributed by atoms with Gasteiger partial charge in [0, 0.05) is 24.7 Å². The lowest BCUT2D eigenvalue weighted by atomic mass is 9.54. The molecule has 2 N–H and O–H groups in total. The number of aliphatic hydroxyl groups is 1. The molecule has 4 rings (SSSR count). The van der Waals surface area contributed by atoms with Gasteiger partial charge in [0.2, 0.25) is 0 Å². The van der Waals surface area contributed by atoms with Crippen LogP contribution in [0, 0.1) is 23.2 Å². The Hall–Kier alpha value is -0.760. The highest BCUT2D eigenvalue weighted by Gasteiger charge is 2.55. The second-order valence-corrected chi connectivity index (χ2v) is 9.62. The first-order valence-corrected chi connectivity index (χ1v) is 10.6. The first-order chi connectivity index (χ1) is 11.6. The molecule has 25 heavy (non-hydrogen) atoms. The van der Waals surface area contributed by atoms with Crippen molar-refractivity contribution >= 4 is 16.2 Å². The van der Waals surface area contributed by atoms with Crippen molar-refractivity contribution < 1.29 is 27.1 Å². The van der Waals surface area contributed by atoms with E-state index in [0.29, 0.717) is 36.4 Å². The third kappa shape index (κ3) is 2.89. The summed E-state index contributed by atoms with van der Waals surface area (Å²) < 4.78 is 35.5. The standard InChI is InChI=1S/C18H26O6S/c1-17-8-6-13-12-7-9-18(20,24-25(21,22)23)10-11(12)2-3-14(13)15(17)4-5-16(17)19/h13-15,20H,2-10H2,1H3,(H,21,22,23)/t13-,14-,15+,17+,18+/m1/s1. The summed E-state index contributed by atoms with van der Waals surface area (Å²) in [6.45, 7) is 2.15. The number of carbonyl (C=O) groups excluding carboxylic acids is 1. The first kappa shape index (κ1) is 17.6. The van der Waals surface area contributed by atoms with Crippen LogP contribution in [0.5, 0.6) is 0 Å². The number of hydrogen-bond donors (Lipinski definition) is 2. The molecule has 0 aromatic heterocycles. The molecule has 140 valence electrons. The van der Waals surface area contributed by atoms with E-state index in [4.69, 9.17) is 4.55 Å². The van der Waals surface area contributed by atoms with E-state index < -0.39 is 16.2 Å². The van der Waals surface area contributed by atoms with Gasteiger partial charge < -0.3 is 5.11 Å². The summed E-state index contributed by atoms with van der Waals surface area (Å²) in [4.78, 5) is 12.4. The largest absolute Gasteiger partial charge is 0.400 e. The molecule has 0 amide bonds. The molecule has 0 aliphatic heterocycles. The number of fused-ring (bicyclic) bond motifs is 4. The van der Waals surface area contributed by atoms with Gasteiger partial charge in [0.25, 0.3) is 0 Å². The molecule has 6 nitrogen and oxygen atoms in total. The number of allylic oxidation sites excluding steroid dienone is 1. The van der Waals surface area contributed by atoms with E-state index in [9.17, 15) is 18.3 Å². The molecule has 5 atom stereocenters. The molecule has 0 unspecified atom stereocenters. The van der Waals surface area contributed by atoms with Crippen LogP contribution in [0.25, 0.3) is 0 Å². The van der Waals surface area contributed by atoms with Gasteiger partial charge in [-0.05, 0) is 56.3 Å². The van der Waals surface area contributed by atoms with Crippen molar-refractivity contribution in [3.63, 3.8) is 0 Å². The zero-order valence-electron chi connectivity index (χ0n) is 14.5. The fourth-order valence-corrected chi connectivity index (χ4v) is 6.77. The summed E-state index contributed by atoms with van der Waals surface area (Å²) >= 11 is 0. The second-order valence-electron chi connectivity index (χ2n) is 8.60. The maximum Gasteiger partial charge on any atom is 0.400 e. The average Bonchev–Trinajstić information content (AvgIpc) is 2.80. The zero-order chi connectivity index (χ0) is 18.0. The quantitative estimate of drug-likeness (QED) is 0.440.